The molecule has 6 heteroatoms. The van der Waals surface area contributed by atoms with Gasteiger partial charge in [0.2, 0.25) is 0 Å². The Morgan fingerprint density at radius 2 is 1.88 bits per heavy atom. The number of ether oxygens (including phenoxy) is 1. The lowest BCUT2D eigenvalue weighted by atomic mass is 9.74. The summed E-state index contributed by atoms with van der Waals surface area (Å²) < 4.78 is 5.82. The highest BCUT2D eigenvalue weighted by atomic mass is 16.5. The minimum atomic E-state index is -1.08. The first-order chi connectivity index (χ1) is 12.4. The molecule has 0 radical (unpaired) electrons. The number of benzene rings is 2. The maximum Gasteiger partial charge on any atom is 0.336 e. The lowest BCUT2D eigenvalue weighted by Crippen LogP contribution is -2.27. The normalized spacial score (nSPS) is 20.6. The Labute approximate surface area is 148 Å². The lowest BCUT2D eigenvalue weighted by Gasteiger charge is -2.35. The minimum absolute atomic E-state index is 0.0231. The number of aromatic hydroxyl groups is 1. The van der Waals surface area contributed by atoms with Crippen LogP contribution >= 0.6 is 0 Å². The summed E-state index contributed by atoms with van der Waals surface area (Å²) in [5.74, 6) is -1.15. The fourth-order valence-electron chi connectivity index (χ4n) is 3.53. The number of nitrogens with two attached hydrogens (primary N) is 1. The van der Waals surface area contributed by atoms with E-state index in [1.165, 1.54) is 30.4 Å². The van der Waals surface area contributed by atoms with E-state index in [0.29, 0.717) is 22.8 Å². The van der Waals surface area contributed by atoms with Gasteiger partial charge in [-0.25, -0.2) is 4.79 Å². The van der Waals surface area contributed by atoms with Gasteiger partial charge in [0.05, 0.1) is 5.56 Å². The SMILES string of the molecule is Nc1ccc(C2c3ccc(O)cc3OC3=CC(=O)C=CC32)c(C(=O)O)c1. The third-order valence-electron chi connectivity index (χ3n) is 4.64. The monoisotopic (exact) mass is 349 g/mol. The highest BCUT2D eigenvalue weighted by Crippen LogP contribution is 2.48. The second kappa shape index (κ2) is 5.77. The van der Waals surface area contributed by atoms with Gasteiger partial charge >= 0.3 is 5.97 Å². The molecule has 0 saturated carbocycles. The van der Waals surface area contributed by atoms with E-state index in [1.54, 1.807) is 24.3 Å². The van der Waals surface area contributed by atoms with Crippen LogP contribution in [0.3, 0.4) is 0 Å². The second-order valence-electron chi connectivity index (χ2n) is 6.29. The molecule has 4 N–H and O–H groups in total. The van der Waals surface area contributed by atoms with E-state index in [9.17, 15) is 19.8 Å². The molecule has 1 aliphatic heterocycles. The molecular weight excluding hydrogens is 334 g/mol. The molecule has 4 rings (SSSR count). The zero-order chi connectivity index (χ0) is 18.4. The van der Waals surface area contributed by atoms with Gasteiger partial charge in [-0.05, 0) is 29.8 Å². The highest BCUT2D eigenvalue weighted by molar-refractivity contribution is 6.01. The molecular formula is C20H15NO5. The Kier molecular flexibility index (Phi) is 3.54. The van der Waals surface area contributed by atoms with Gasteiger partial charge in [0.15, 0.2) is 5.78 Å². The number of carboxylic acid groups (broad SMARTS) is 1. The van der Waals surface area contributed by atoms with E-state index in [0.717, 1.165) is 5.56 Å². The van der Waals surface area contributed by atoms with Crippen molar-refractivity contribution in [3.63, 3.8) is 0 Å². The molecule has 1 heterocycles. The van der Waals surface area contributed by atoms with Crippen molar-refractivity contribution < 1.29 is 24.5 Å². The van der Waals surface area contributed by atoms with E-state index >= 15 is 0 Å². The Morgan fingerprint density at radius 1 is 1.12 bits per heavy atom. The second-order valence-corrected chi connectivity index (χ2v) is 6.29. The molecule has 2 aliphatic rings. The number of anilines is 1. The molecule has 1 aliphatic carbocycles. The molecule has 0 fully saturated rings. The smallest absolute Gasteiger partial charge is 0.336 e. The summed E-state index contributed by atoms with van der Waals surface area (Å²) >= 11 is 0. The number of fused-ring (bicyclic) bond motifs is 2. The molecule has 0 amide bonds. The van der Waals surface area contributed by atoms with Crippen molar-refractivity contribution in [1.29, 1.82) is 0 Å². The molecule has 0 aromatic heterocycles. The Morgan fingerprint density at radius 3 is 2.65 bits per heavy atom. The van der Waals surface area contributed by atoms with E-state index in [2.05, 4.69) is 0 Å². The number of aromatic carboxylic acids is 1. The zero-order valence-electron chi connectivity index (χ0n) is 13.5. The van der Waals surface area contributed by atoms with Crippen LogP contribution in [0.5, 0.6) is 11.5 Å². The largest absolute Gasteiger partial charge is 0.508 e. The number of phenols is 1. The topological polar surface area (TPSA) is 110 Å². The van der Waals surface area contributed by atoms with Crippen LogP contribution in [0.25, 0.3) is 0 Å². The van der Waals surface area contributed by atoms with Crippen molar-refractivity contribution >= 4 is 17.4 Å². The molecule has 2 atom stereocenters. The van der Waals surface area contributed by atoms with Crippen LogP contribution in [-0.4, -0.2) is 22.0 Å². The molecule has 0 spiro atoms. The molecule has 0 bridgehead atoms. The number of hydrogen-bond acceptors (Lipinski definition) is 5. The van der Waals surface area contributed by atoms with E-state index < -0.39 is 5.97 Å². The summed E-state index contributed by atoms with van der Waals surface area (Å²) in [6.07, 6.45) is 4.57. The van der Waals surface area contributed by atoms with Crippen LogP contribution in [0.4, 0.5) is 5.69 Å². The first kappa shape index (κ1) is 16.0. The maximum atomic E-state index is 11.8. The van der Waals surface area contributed by atoms with Gasteiger partial charge in [0, 0.05) is 35.2 Å². The number of carbonyl (C=O) groups excluding carboxylic acids is 1. The van der Waals surface area contributed by atoms with E-state index in [-0.39, 0.29) is 28.9 Å². The predicted molar refractivity (Wildman–Crippen MR) is 94.1 cm³/mol. The number of allylic oxidation sites excluding steroid dienone is 3. The van der Waals surface area contributed by atoms with Crippen LogP contribution < -0.4 is 10.5 Å². The number of hydrogen-bond donors (Lipinski definition) is 3. The fourth-order valence-corrected chi connectivity index (χ4v) is 3.53. The van der Waals surface area contributed by atoms with Crippen molar-refractivity contribution in [2.45, 2.75) is 5.92 Å². The maximum absolute atomic E-state index is 11.8. The number of nitrogen functional groups attached to an aromatic ring is 1. The van der Waals surface area contributed by atoms with Gasteiger partial charge in [-0.2, -0.15) is 0 Å². The molecule has 26 heavy (non-hydrogen) atoms. The Bertz CT molecular complexity index is 1010. The molecule has 130 valence electrons. The lowest BCUT2D eigenvalue weighted by molar-refractivity contribution is -0.110. The third kappa shape index (κ3) is 2.52. The minimum Gasteiger partial charge on any atom is -0.508 e. The van der Waals surface area contributed by atoms with Crippen LogP contribution in [0.2, 0.25) is 0 Å². The summed E-state index contributed by atoms with van der Waals surface area (Å²) in [6.45, 7) is 0. The molecule has 2 aromatic rings. The number of carboxylic acids is 1. The quantitative estimate of drug-likeness (QED) is 0.719. The zero-order valence-corrected chi connectivity index (χ0v) is 13.5. The fraction of sp³-hybridized carbons (Fsp3) is 0.100. The van der Waals surface area contributed by atoms with E-state index in [4.69, 9.17) is 10.5 Å². The Balaban J connectivity index is 1.97. The molecule has 2 aromatic carbocycles. The van der Waals surface area contributed by atoms with Crippen LogP contribution in [-0.2, 0) is 4.79 Å². The first-order valence-corrected chi connectivity index (χ1v) is 8.01. The summed E-state index contributed by atoms with van der Waals surface area (Å²) in [5, 5.41) is 19.4. The number of ketones is 1. The summed E-state index contributed by atoms with van der Waals surface area (Å²) in [7, 11) is 0. The predicted octanol–water partition coefficient (Wildman–Crippen LogP) is 2.84. The third-order valence-corrected chi connectivity index (χ3v) is 4.64. The number of carbonyl (C=O) groups is 2. The van der Waals surface area contributed by atoms with Crippen molar-refractivity contribution in [3.05, 3.63) is 77.1 Å². The van der Waals surface area contributed by atoms with Crippen LogP contribution in [0.1, 0.15) is 27.4 Å². The average molecular weight is 349 g/mol. The van der Waals surface area contributed by atoms with Crippen molar-refractivity contribution in [1.82, 2.24) is 0 Å². The molecule has 2 unspecified atom stereocenters. The van der Waals surface area contributed by atoms with Crippen molar-refractivity contribution in [3.8, 4) is 11.5 Å². The van der Waals surface area contributed by atoms with Gasteiger partial charge in [0.1, 0.15) is 17.3 Å². The van der Waals surface area contributed by atoms with Crippen LogP contribution in [0.15, 0.2) is 60.4 Å². The van der Waals surface area contributed by atoms with Crippen molar-refractivity contribution in [2.24, 2.45) is 5.92 Å². The summed E-state index contributed by atoms with van der Waals surface area (Å²) in [5.41, 5.74) is 7.52. The summed E-state index contributed by atoms with van der Waals surface area (Å²) in [6, 6.07) is 9.46. The van der Waals surface area contributed by atoms with Gasteiger partial charge in [-0.3, -0.25) is 4.79 Å². The van der Waals surface area contributed by atoms with Gasteiger partial charge < -0.3 is 20.7 Å². The van der Waals surface area contributed by atoms with Gasteiger partial charge in [-0.1, -0.05) is 18.2 Å². The Hall–Kier alpha value is -3.54. The first-order valence-electron chi connectivity index (χ1n) is 8.01. The number of phenolic OH excluding ortho intramolecular Hbond substituents is 1. The van der Waals surface area contributed by atoms with Gasteiger partial charge in [0.25, 0.3) is 0 Å². The van der Waals surface area contributed by atoms with Crippen molar-refractivity contribution in [2.75, 3.05) is 5.73 Å². The molecule has 6 nitrogen and oxygen atoms in total. The van der Waals surface area contributed by atoms with E-state index in [1.807, 2.05) is 0 Å². The summed E-state index contributed by atoms with van der Waals surface area (Å²) in [4.78, 5) is 23.5. The van der Waals surface area contributed by atoms with Crippen LogP contribution in [0, 0.1) is 5.92 Å². The average Bonchev–Trinajstić information content (AvgIpc) is 2.59. The number of rotatable bonds is 2. The highest BCUT2D eigenvalue weighted by Gasteiger charge is 2.38. The molecule has 0 saturated heterocycles. The van der Waals surface area contributed by atoms with Gasteiger partial charge in [-0.15, -0.1) is 0 Å². The standard InChI is InChI=1S/C20H15NO5/c21-10-1-4-13(16(7-10)20(24)25)19-14-5-2-11(22)8-17(14)26-18-9-12(23)3-6-15(18)19/h1-9,14,19,23H,21H2,(H,24,25).